The Hall–Kier alpha value is -3.83. The molecule has 0 N–H and O–H groups in total. The largest absolute Gasteiger partial charge is 0.481 e. The van der Waals surface area contributed by atoms with Crippen LogP contribution in [-0.4, -0.2) is 35.4 Å². The Morgan fingerprint density at radius 2 is 1.78 bits per heavy atom. The topological polar surface area (TPSA) is 45.9 Å². The molecule has 5 nitrogen and oxygen atoms in total. The fourth-order valence-electron chi connectivity index (χ4n) is 5.17. The van der Waals surface area contributed by atoms with E-state index >= 15 is 0 Å². The van der Waals surface area contributed by atoms with Gasteiger partial charge in [-0.3, -0.25) is 9.69 Å². The third kappa shape index (κ3) is 5.78. The Labute approximate surface area is 219 Å². The molecule has 2 heterocycles. The van der Waals surface area contributed by atoms with E-state index in [1.54, 1.807) is 18.2 Å². The number of carbonyl (C=O) groups is 1. The maximum atomic E-state index is 13.2. The first-order chi connectivity index (χ1) is 18.1. The average molecular weight is 495 g/mol. The summed E-state index contributed by atoms with van der Waals surface area (Å²) in [7, 11) is 1.79. The van der Waals surface area contributed by atoms with Crippen LogP contribution in [0.2, 0.25) is 0 Å². The number of ether oxygens (including phenoxy) is 1. The number of benzene rings is 3. The van der Waals surface area contributed by atoms with Gasteiger partial charge in [-0.2, -0.15) is 0 Å². The molecule has 4 aromatic rings. The number of carbonyl (C=O) groups excluding carboxylic acids is 1. The van der Waals surface area contributed by atoms with Crippen LogP contribution in [-0.2, 0) is 24.3 Å². The van der Waals surface area contributed by atoms with Crippen molar-refractivity contribution in [3.8, 4) is 5.75 Å². The van der Waals surface area contributed by atoms with Gasteiger partial charge >= 0.3 is 0 Å². The highest BCUT2D eigenvalue weighted by Gasteiger charge is 2.30. The van der Waals surface area contributed by atoms with Crippen LogP contribution in [0, 0.1) is 0 Å². The minimum atomic E-state index is -0.558. The fraction of sp³-hybridized carbons (Fsp3) is 0.281. The van der Waals surface area contributed by atoms with Crippen molar-refractivity contribution in [2.24, 2.45) is 0 Å². The third-order valence-electron chi connectivity index (χ3n) is 7.06. The highest BCUT2D eigenvalue weighted by atomic mass is 16.5. The Bertz CT molecular complexity index is 1290. The number of hydrogen-bond donors (Lipinski definition) is 0. The van der Waals surface area contributed by atoms with Crippen LogP contribution >= 0.6 is 0 Å². The maximum absolute atomic E-state index is 13.2. The van der Waals surface area contributed by atoms with Crippen molar-refractivity contribution in [1.82, 2.24) is 9.80 Å². The Balaban J connectivity index is 1.40. The smallest absolute Gasteiger partial charge is 0.263 e. The zero-order valence-electron chi connectivity index (χ0n) is 21.5. The van der Waals surface area contributed by atoms with Gasteiger partial charge in [-0.15, -0.1) is 0 Å². The fourth-order valence-corrected chi connectivity index (χ4v) is 5.17. The van der Waals surface area contributed by atoms with Crippen LogP contribution in [0.15, 0.2) is 102 Å². The molecule has 1 aromatic heterocycles. The first-order valence-electron chi connectivity index (χ1n) is 13.0. The molecule has 190 valence electrons. The summed E-state index contributed by atoms with van der Waals surface area (Å²) in [6.45, 7) is 4.25. The third-order valence-corrected chi connectivity index (χ3v) is 7.06. The van der Waals surface area contributed by atoms with Crippen molar-refractivity contribution in [3.63, 3.8) is 0 Å². The molecule has 1 amide bonds. The lowest BCUT2D eigenvalue weighted by Gasteiger charge is -2.38. The first-order valence-corrected chi connectivity index (χ1v) is 13.0. The lowest BCUT2D eigenvalue weighted by molar-refractivity contribution is -0.138. The lowest BCUT2D eigenvalue weighted by Crippen LogP contribution is -2.39. The predicted molar refractivity (Wildman–Crippen MR) is 145 cm³/mol. The molecule has 3 aromatic carbocycles. The highest BCUT2D eigenvalue weighted by Crippen LogP contribution is 2.38. The summed E-state index contributed by atoms with van der Waals surface area (Å²) in [5.74, 6) is 1.43. The molecule has 0 spiro atoms. The number of amides is 1. The maximum Gasteiger partial charge on any atom is 0.263 e. The second-order valence-electron chi connectivity index (χ2n) is 9.67. The highest BCUT2D eigenvalue weighted by molar-refractivity contribution is 5.81. The van der Waals surface area contributed by atoms with Crippen LogP contribution in [0.5, 0.6) is 5.75 Å². The van der Waals surface area contributed by atoms with Crippen molar-refractivity contribution in [3.05, 3.63) is 125 Å². The van der Waals surface area contributed by atoms with Crippen LogP contribution in [0.4, 0.5) is 0 Å². The van der Waals surface area contributed by atoms with Crippen molar-refractivity contribution in [1.29, 1.82) is 0 Å². The van der Waals surface area contributed by atoms with E-state index in [1.165, 1.54) is 22.3 Å². The molecule has 5 heteroatoms. The summed E-state index contributed by atoms with van der Waals surface area (Å²) in [4.78, 5) is 17.4. The number of fused-ring (bicyclic) bond motifs is 1. The zero-order chi connectivity index (χ0) is 25.6. The average Bonchev–Trinajstić information content (AvgIpc) is 3.45. The number of nitrogens with zero attached hydrogens (tertiary/aromatic N) is 2. The Morgan fingerprint density at radius 1 is 1.03 bits per heavy atom. The molecule has 37 heavy (non-hydrogen) atoms. The molecular formula is C32H34N2O3. The van der Waals surface area contributed by atoms with E-state index in [9.17, 15) is 4.79 Å². The van der Waals surface area contributed by atoms with Crippen LogP contribution in [0.3, 0.4) is 0 Å². The molecule has 0 bridgehead atoms. The van der Waals surface area contributed by atoms with Crippen molar-refractivity contribution in [2.45, 2.75) is 45.0 Å². The van der Waals surface area contributed by atoms with E-state index in [0.717, 1.165) is 31.0 Å². The Kier molecular flexibility index (Phi) is 7.71. The van der Waals surface area contributed by atoms with Gasteiger partial charge in [-0.1, -0.05) is 73.7 Å². The SMILES string of the molecule is CCC(Oc1ccc2c(c1)C(c1ccccc1)N(Cc1ccccc1)CC2)C(=O)N(C)Cc1ccco1. The summed E-state index contributed by atoms with van der Waals surface area (Å²) in [6, 6.07) is 31.5. The van der Waals surface area contributed by atoms with Crippen molar-refractivity contribution < 1.29 is 13.9 Å². The molecule has 0 saturated heterocycles. The molecule has 0 fully saturated rings. The van der Waals surface area contributed by atoms with Gasteiger partial charge in [-0.25, -0.2) is 0 Å². The molecular weight excluding hydrogens is 460 g/mol. The molecule has 5 rings (SSSR count). The van der Waals surface area contributed by atoms with E-state index in [0.29, 0.717) is 13.0 Å². The second kappa shape index (κ2) is 11.5. The molecule has 1 aliphatic rings. The summed E-state index contributed by atoms with van der Waals surface area (Å²) < 4.78 is 11.7. The predicted octanol–water partition coefficient (Wildman–Crippen LogP) is 6.24. The number of furan rings is 1. The van der Waals surface area contributed by atoms with Gasteiger partial charge in [0.15, 0.2) is 6.10 Å². The minimum Gasteiger partial charge on any atom is -0.481 e. The molecule has 0 radical (unpaired) electrons. The van der Waals surface area contributed by atoms with E-state index < -0.39 is 6.10 Å². The summed E-state index contributed by atoms with van der Waals surface area (Å²) in [6.07, 6.45) is 2.63. The normalized spacial score (nSPS) is 16.1. The second-order valence-corrected chi connectivity index (χ2v) is 9.67. The number of hydrogen-bond acceptors (Lipinski definition) is 4. The standard InChI is InChI=1S/C32H34N2O3/c1-3-30(32(35)33(2)23-28-15-10-20-36-28)37-27-17-16-25-18-19-34(22-24-11-6-4-7-12-24)31(29(25)21-27)26-13-8-5-9-14-26/h4-17,20-21,30-31H,3,18-19,22-23H2,1-2H3. The molecule has 0 saturated carbocycles. The molecule has 2 unspecified atom stereocenters. The molecule has 0 aliphatic carbocycles. The number of likely N-dealkylation sites (N-methyl/N-ethyl adjacent to an activating group) is 1. The Morgan fingerprint density at radius 3 is 2.49 bits per heavy atom. The summed E-state index contributed by atoms with van der Waals surface area (Å²) >= 11 is 0. The number of rotatable bonds is 9. The molecule has 2 atom stereocenters. The van der Waals surface area contributed by atoms with Gasteiger partial charge in [-0.05, 0) is 59.4 Å². The van der Waals surface area contributed by atoms with E-state index in [2.05, 4.69) is 77.7 Å². The first kappa shape index (κ1) is 24.8. The van der Waals surface area contributed by atoms with Crippen molar-refractivity contribution >= 4 is 5.91 Å². The van der Waals surface area contributed by atoms with Gasteiger partial charge in [0.2, 0.25) is 0 Å². The van der Waals surface area contributed by atoms with Gasteiger partial charge in [0.1, 0.15) is 11.5 Å². The van der Waals surface area contributed by atoms with Gasteiger partial charge in [0, 0.05) is 20.1 Å². The lowest BCUT2D eigenvalue weighted by atomic mass is 9.87. The van der Waals surface area contributed by atoms with Crippen LogP contribution < -0.4 is 4.74 Å². The quantitative estimate of drug-likeness (QED) is 0.276. The van der Waals surface area contributed by atoms with Gasteiger partial charge < -0.3 is 14.1 Å². The summed E-state index contributed by atoms with van der Waals surface area (Å²) in [5.41, 5.74) is 5.14. The zero-order valence-corrected chi connectivity index (χ0v) is 21.5. The van der Waals surface area contributed by atoms with Gasteiger partial charge in [0.05, 0.1) is 18.8 Å². The molecule has 1 aliphatic heterocycles. The van der Waals surface area contributed by atoms with Gasteiger partial charge in [0.25, 0.3) is 5.91 Å². The van der Waals surface area contributed by atoms with E-state index in [1.807, 2.05) is 25.1 Å². The monoisotopic (exact) mass is 494 g/mol. The van der Waals surface area contributed by atoms with Crippen LogP contribution in [0.25, 0.3) is 0 Å². The van der Waals surface area contributed by atoms with E-state index in [4.69, 9.17) is 9.15 Å². The minimum absolute atomic E-state index is 0.0538. The van der Waals surface area contributed by atoms with Crippen molar-refractivity contribution in [2.75, 3.05) is 13.6 Å². The van der Waals surface area contributed by atoms with Crippen LogP contribution in [0.1, 0.15) is 47.4 Å². The summed E-state index contributed by atoms with van der Waals surface area (Å²) in [5, 5.41) is 0. The van der Waals surface area contributed by atoms with E-state index in [-0.39, 0.29) is 11.9 Å².